The lowest BCUT2D eigenvalue weighted by atomic mass is 9.85. The third-order valence-electron chi connectivity index (χ3n) is 7.26. The molecule has 0 unspecified atom stereocenters. The van der Waals surface area contributed by atoms with E-state index in [0.29, 0.717) is 12.3 Å². The average molecular weight is 468 g/mol. The molecule has 0 radical (unpaired) electrons. The normalized spacial score (nSPS) is 21.4. The standard InChI is InChI=1S/C28H53NO4/c1-5-8-9-10-11-14-17-26-24(16-13-12-15-20-28(31,32)27(30)33-4)18-19-25(26)23-29(21-6-2)22-7-3/h14,17,24-26,31-32H,5-13,15-16,18-23H2,1-4H3/t24-,25+,26-/m1/s1. The van der Waals surface area contributed by atoms with E-state index < -0.39 is 11.8 Å². The Morgan fingerprint density at radius 2 is 1.61 bits per heavy atom. The number of esters is 1. The van der Waals surface area contributed by atoms with Crippen LogP contribution in [0.25, 0.3) is 0 Å². The van der Waals surface area contributed by atoms with Gasteiger partial charge in [0, 0.05) is 13.0 Å². The van der Waals surface area contributed by atoms with E-state index in [1.165, 1.54) is 91.0 Å². The van der Waals surface area contributed by atoms with Gasteiger partial charge in [-0.1, -0.05) is 65.0 Å². The molecule has 0 heterocycles. The highest BCUT2D eigenvalue weighted by atomic mass is 16.6. The first-order valence-corrected chi connectivity index (χ1v) is 13.8. The monoisotopic (exact) mass is 467 g/mol. The molecule has 1 aliphatic rings. The summed E-state index contributed by atoms with van der Waals surface area (Å²) >= 11 is 0. The summed E-state index contributed by atoms with van der Waals surface area (Å²) in [6, 6.07) is 0. The molecular weight excluding hydrogens is 414 g/mol. The number of hydrogen-bond acceptors (Lipinski definition) is 5. The molecule has 1 fully saturated rings. The molecule has 2 N–H and O–H groups in total. The topological polar surface area (TPSA) is 70.0 Å². The maximum absolute atomic E-state index is 11.4. The van der Waals surface area contributed by atoms with Crippen LogP contribution in [0.4, 0.5) is 0 Å². The minimum atomic E-state index is -2.35. The molecule has 0 aromatic rings. The quantitative estimate of drug-likeness (QED) is 0.104. The van der Waals surface area contributed by atoms with E-state index in [-0.39, 0.29) is 6.42 Å². The van der Waals surface area contributed by atoms with Gasteiger partial charge in [-0.25, -0.2) is 4.79 Å². The lowest BCUT2D eigenvalue weighted by Crippen LogP contribution is -2.39. The van der Waals surface area contributed by atoms with Crippen LogP contribution >= 0.6 is 0 Å². The maximum atomic E-state index is 11.4. The van der Waals surface area contributed by atoms with Gasteiger partial charge >= 0.3 is 5.97 Å². The largest absolute Gasteiger partial charge is 0.465 e. The van der Waals surface area contributed by atoms with Crippen LogP contribution in [0.15, 0.2) is 12.2 Å². The van der Waals surface area contributed by atoms with Crippen molar-refractivity contribution in [2.45, 2.75) is 116 Å². The van der Waals surface area contributed by atoms with Crippen LogP contribution in [0.3, 0.4) is 0 Å². The number of carbonyl (C=O) groups excluding carboxylic acids is 1. The van der Waals surface area contributed by atoms with E-state index in [9.17, 15) is 15.0 Å². The second-order valence-corrected chi connectivity index (χ2v) is 10.2. The molecule has 5 nitrogen and oxygen atoms in total. The summed E-state index contributed by atoms with van der Waals surface area (Å²) < 4.78 is 4.46. The molecule has 3 atom stereocenters. The molecule has 0 bridgehead atoms. The highest BCUT2D eigenvalue weighted by Gasteiger charge is 2.35. The van der Waals surface area contributed by atoms with Crippen molar-refractivity contribution in [3.05, 3.63) is 12.2 Å². The van der Waals surface area contributed by atoms with E-state index in [1.807, 2.05) is 0 Å². The minimum absolute atomic E-state index is 0.0387. The Kier molecular flexibility index (Phi) is 16.0. The van der Waals surface area contributed by atoms with Gasteiger partial charge in [-0.3, -0.25) is 0 Å². The van der Waals surface area contributed by atoms with Gasteiger partial charge in [-0.2, -0.15) is 0 Å². The van der Waals surface area contributed by atoms with Crippen molar-refractivity contribution in [2.24, 2.45) is 17.8 Å². The molecule has 0 amide bonds. The van der Waals surface area contributed by atoms with Crippen LogP contribution < -0.4 is 0 Å². The number of hydrogen-bond donors (Lipinski definition) is 2. The van der Waals surface area contributed by atoms with Crippen LogP contribution in [-0.2, 0) is 9.53 Å². The number of ether oxygens (including phenoxy) is 1. The number of allylic oxidation sites excluding steroid dienone is 2. The summed E-state index contributed by atoms with van der Waals surface area (Å²) in [5.74, 6) is -1.17. The zero-order chi connectivity index (χ0) is 24.5. The fourth-order valence-electron chi connectivity index (χ4n) is 5.48. The summed E-state index contributed by atoms with van der Waals surface area (Å²) in [5.41, 5.74) is 0. The second-order valence-electron chi connectivity index (χ2n) is 10.2. The van der Waals surface area contributed by atoms with Gasteiger partial charge in [0.15, 0.2) is 0 Å². The molecule has 0 saturated heterocycles. The Labute approximate surface area is 204 Å². The molecule has 0 spiro atoms. The summed E-state index contributed by atoms with van der Waals surface area (Å²) in [7, 11) is 1.18. The fraction of sp³-hybridized carbons (Fsp3) is 0.893. The predicted octanol–water partition coefficient (Wildman–Crippen LogP) is 6.08. The molecule has 1 rings (SSSR count). The number of methoxy groups -OCH3 is 1. The SMILES string of the molecule is CCCCCCC=C[C@@H]1[C@H](CCCCCC(O)(O)C(=O)OC)CC[C@H]1CN(CCC)CCC. The Bertz CT molecular complexity index is 528. The van der Waals surface area contributed by atoms with Gasteiger partial charge in [0.05, 0.1) is 7.11 Å². The van der Waals surface area contributed by atoms with Gasteiger partial charge in [0.1, 0.15) is 0 Å². The van der Waals surface area contributed by atoms with Gasteiger partial charge in [-0.15, -0.1) is 0 Å². The molecule has 0 aromatic carbocycles. The molecule has 0 aliphatic heterocycles. The minimum Gasteiger partial charge on any atom is -0.465 e. The van der Waals surface area contributed by atoms with Crippen molar-refractivity contribution in [3.63, 3.8) is 0 Å². The smallest absolute Gasteiger partial charge is 0.366 e. The number of nitrogens with zero attached hydrogens (tertiary/aromatic N) is 1. The third kappa shape index (κ3) is 11.9. The number of rotatable bonds is 19. The van der Waals surface area contributed by atoms with Crippen molar-refractivity contribution in [2.75, 3.05) is 26.7 Å². The van der Waals surface area contributed by atoms with Crippen LogP contribution in [0.1, 0.15) is 111 Å². The molecule has 1 saturated carbocycles. The van der Waals surface area contributed by atoms with Gasteiger partial charge < -0.3 is 19.8 Å². The first kappa shape index (κ1) is 30.1. The van der Waals surface area contributed by atoms with Crippen molar-refractivity contribution in [1.29, 1.82) is 0 Å². The molecule has 1 aliphatic carbocycles. The Hall–Kier alpha value is -0.910. The van der Waals surface area contributed by atoms with Crippen molar-refractivity contribution >= 4 is 5.97 Å². The molecular formula is C28H53NO4. The zero-order valence-electron chi connectivity index (χ0n) is 22.1. The summed E-state index contributed by atoms with van der Waals surface area (Å²) in [6.45, 7) is 10.4. The maximum Gasteiger partial charge on any atom is 0.366 e. The summed E-state index contributed by atoms with van der Waals surface area (Å²) in [5, 5.41) is 19.6. The van der Waals surface area contributed by atoms with Crippen LogP contribution in [-0.4, -0.2) is 53.6 Å². The molecule has 0 aromatic heterocycles. The summed E-state index contributed by atoms with van der Waals surface area (Å²) in [4.78, 5) is 14.1. The van der Waals surface area contributed by atoms with Crippen LogP contribution in [0.2, 0.25) is 0 Å². The highest BCUT2D eigenvalue weighted by Crippen LogP contribution is 2.41. The Morgan fingerprint density at radius 1 is 0.939 bits per heavy atom. The molecule has 5 heteroatoms. The third-order valence-corrected chi connectivity index (χ3v) is 7.26. The summed E-state index contributed by atoms with van der Waals surface area (Å²) in [6.07, 6.45) is 20.3. The van der Waals surface area contributed by atoms with E-state index in [2.05, 4.69) is 42.6 Å². The van der Waals surface area contributed by atoms with Crippen LogP contribution in [0, 0.1) is 17.8 Å². The fourth-order valence-corrected chi connectivity index (χ4v) is 5.48. The zero-order valence-corrected chi connectivity index (χ0v) is 22.1. The van der Waals surface area contributed by atoms with Gasteiger partial charge in [0.25, 0.3) is 5.79 Å². The number of unbranched alkanes of at least 4 members (excludes halogenated alkanes) is 6. The van der Waals surface area contributed by atoms with Crippen molar-refractivity contribution in [3.8, 4) is 0 Å². The first-order valence-electron chi connectivity index (χ1n) is 13.8. The molecule has 194 valence electrons. The van der Waals surface area contributed by atoms with Crippen molar-refractivity contribution < 1.29 is 19.7 Å². The number of aliphatic hydroxyl groups is 2. The van der Waals surface area contributed by atoms with E-state index in [4.69, 9.17) is 0 Å². The van der Waals surface area contributed by atoms with E-state index >= 15 is 0 Å². The number of carbonyl (C=O) groups is 1. The first-order chi connectivity index (χ1) is 15.9. The Balaban J connectivity index is 2.59. The Morgan fingerprint density at radius 3 is 2.24 bits per heavy atom. The average Bonchev–Trinajstić information content (AvgIpc) is 3.16. The van der Waals surface area contributed by atoms with Crippen LogP contribution in [0.5, 0.6) is 0 Å². The lowest BCUT2D eigenvalue weighted by molar-refractivity contribution is -0.209. The second kappa shape index (κ2) is 17.5. The van der Waals surface area contributed by atoms with E-state index in [0.717, 1.165) is 24.7 Å². The lowest BCUT2D eigenvalue weighted by Gasteiger charge is -2.29. The van der Waals surface area contributed by atoms with Crippen molar-refractivity contribution in [1.82, 2.24) is 4.90 Å². The highest BCUT2D eigenvalue weighted by molar-refractivity contribution is 5.76. The van der Waals surface area contributed by atoms with E-state index in [1.54, 1.807) is 0 Å². The van der Waals surface area contributed by atoms with Gasteiger partial charge in [0.2, 0.25) is 0 Å². The molecule has 33 heavy (non-hydrogen) atoms. The predicted molar refractivity (Wildman–Crippen MR) is 137 cm³/mol. The van der Waals surface area contributed by atoms with Gasteiger partial charge in [-0.05, 0) is 82.2 Å².